The van der Waals surface area contributed by atoms with Crippen LogP contribution in [0.5, 0.6) is 5.75 Å². The minimum Gasteiger partial charge on any atom is -0.495 e. The Morgan fingerprint density at radius 2 is 1.75 bits per heavy atom. The highest BCUT2D eigenvalue weighted by molar-refractivity contribution is 7.92. The molecular weight excluding hydrogens is 442 g/mol. The zero-order chi connectivity index (χ0) is 22.7. The van der Waals surface area contributed by atoms with E-state index in [-0.39, 0.29) is 4.90 Å². The number of sulfonamides is 1. The van der Waals surface area contributed by atoms with Gasteiger partial charge in [0.15, 0.2) is 5.13 Å². The van der Waals surface area contributed by atoms with Crippen LogP contribution in [0.25, 0.3) is 10.4 Å². The first-order valence-corrected chi connectivity index (χ1v) is 13.2. The van der Waals surface area contributed by atoms with Crippen LogP contribution < -0.4 is 14.8 Å². The molecule has 0 atom stereocenters. The van der Waals surface area contributed by atoms with Gasteiger partial charge in [0, 0.05) is 11.7 Å². The zero-order valence-corrected chi connectivity index (χ0v) is 20.3. The van der Waals surface area contributed by atoms with Gasteiger partial charge in [0.05, 0.1) is 17.7 Å². The first-order valence-electron chi connectivity index (χ1n) is 10.9. The lowest BCUT2D eigenvalue weighted by Crippen LogP contribution is -2.21. The molecule has 0 spiro atoms. The van der Waals surface area contributed by atoms with Gasteiger partial charge < -0.3 is 10.1 Å². The molecule has 1 aromatic heterocycles. The Balaban J connectivity index is 1.63. The van der Waals surface area contributed by atoms with E-state index in [1.165, 1.54) is 39.2 Å². The summed E-state index contributed by atoms with van der Waals surface area (Å²) in [5.41, 5.74) is 3.26. The van der Waals surface area contributed by atoms with Crippen LogP contribution in [0.2, 0.25) is 0 Å². The van der Waals surface area contributed by atoms with E-state index in [0.717, 1.165) is 26.8 Å². The van der Waals surface area contributed by atoms with Crippen molar-refractivity contribution in [3.8, 4) is 16.2 Å². The summed E-state index contributed by atoms with van der Waals surface area (Å²) in [5, 5.41) is 4.46. The fourth-order valence-corrected chi connectivity index (χ4v) is 6.30. The van der Waals surface area contributed by atoms with Crippen molar-refractivity contribution >= 4 is 32.2 Å². The van der Waals surface area contributed by atoms with Gasteiger partial charge in [-0.1, -0.05) is 48.3 Å². The number of nitrogens with one attached hydrogen (secondary N) is 2. The Morgan fingerprint density at radius 3 is 2.44 bits per heavy atom. The van der Waals surface area contributed by atoms with Crippen molar-refractivity contribution in [2.24, 2.45) is 0 Å². The van der Waals surface area contributed by atoms with Gasteiger partial charge in [-0.2, -0.15) is 0 Å². The van der Waals surface area contributed by atoms with Crippen LogP contribution in [0.1, 0.15) is 43.4 Å². The highest BCUT2D eigenvalue weighted by atomic mass is 32.2. The predicted octanol–water partition coefficient (Wildman–Crippen LogP) is 5.98. The average molecular weight is 472 g/mol. The lowest BCUT2D eigenvalue weighted by atomic mass is 9.96. The summed E-state index contributed by atoms with van der Waals surface area (Å²) in [7, 11) is -2.36. The topological polar surface area (TPSA) is 80.3 Å². The molecule has 170 valence electrons. The maximum atomic E-state index is 13.2. The van der Waals surface area contributed by atoms with Crippen molar-refractivity contribution in [1.29, 1.82) is 0 Å². The highest BCUT2D eigenvalue weighted by Gasteiger charge is 2.23. The number of thiazole rings is 1. The van der Waals surface area contributed by atoms with Crippen LogP contribution >= 0.6 is 11.3 Å². The van der Waals surface area contributed by atoms with Gasteiger partial charge >= 0.3 is 0 Å². The molecule has 0 radical (unpaired) electrons. The van der Waals surface area contributed by atoms with E-state index in [9.17, 15) is 8.42 Å². The molecule has 0 aliphatic heterocycles. The Hall–Kier alpha value is -2.58. The summed E-state index contributed by atoms with van der Waals surface area (Å²) >= 11 is 1.57. The quantitative estimate of drug-likeness (QED) is 0.443. The van der Waals surface area contributed by atoms with Crippen molar-refractivity contribution in [2.75, 3.05) is 17.1 Å². The number of methoxy groups -OCH3 is 1. The zero-order valence-electron chi connectivity index (χ0n) is 18.6. The number of benzene rings is 2. The minimum atomic E-state index is -3.83. The number of nitrogens with zero attached hydrogens (tertiary/aromatic N) is 1. The van der Waals surface area contributed by atoms with E-state index in [1.54, 1.807) is 35.6 Å². The third-order valence-corrected chi connectivity index (χ3v) is 8.29. The Labute approximate surface area is 194 Å². The molecule has 0 unspecified atom stereocenters. The molecule has 6 nitrogen and oxygen atoms in total. The van der Waals surface area contributed by atoms with Crippen LogP contribution in [-0.2, 0) is 10.0 Å². The number of aromatic nitrogens is 1. The SMILES string of the molecule is COc1ccc(-c2sc(NC3CCCCC3)nc2C)cc1S(=O)(=O)Nc1ccc(C)cc1. The Bertz CT molecular complexity index is 1180. The second-order valence-electron chi connectivity index (χ2n) is 8.25. The van der Waals surface area contributed by atoms with E-state index in [2.05, 4.69) is 10.0 Å². The van der Waals surface area contributed by atoms with E-state index in [0.29, 0.717) is 17.5 Å². The van der Waals surface area contributed by atoms with Crippen LogP contribution in [-0.4, -0.2) is 26.6 Å². The molecule has 0 amide bonds. The van der Waals surface area contributed by atoms with E-state index >= 15 is 0 Å². The van der Waals surface area contributed by atoms with Crippen molar-refractivity contribution in [1.82, 2.24) is 4.98 Å². The summed E-state index contributed by atoms with van der Waals surface area (Å²) in [6.07, 6.45) is 6.15. The number of aryl methyl sites for hydroxylation is 2. The van der Waals surface area contributed by atoms with E-state index in [4.69, 9.17) is 9.72 Å². The fraction of sp³-hybridized carbons (Fsp3) is 0.375. The van der Waals surface area contributed by atoms with Crippen molar-refractivity contribution in [3.63, 3.8) is 0 Å². The molecule has 0 saturated heterocycles. The number of anilines is 2. The molecule has 3 aromatic rings. The van der Waals surface area contributed by atoms with Gasteiger partial charge in [-0.15, -0.1) is 0 Å². The number of ether oxygens (including phenoxy) is 1. The van der Waals surface area contributed by atoms with Gasteiger partial charge in [-0.05, 0) is 62.6 Å². The summed E-state index contributed by atoms with van der Waals surface area (Å²) in [6, 6.07) is 13.0. The Morgan fingerprint density at radius 1 is 1.03 bits per heavy atom. The van der Waals surface area contributed by atoms with Crippen molar-refractivity contribution < 1.29 is 13.2 Å². The molecule has 1 aliphatic carbocycles. The number of hydrogen-bond donors (Lipinski definition) is 2. The molecular formula is C24H29N3O3S2. The number of rotatable bonds is 7. The largest absolute Gasteiger partial charge is 0.495 e. The maximum absolute atomic E-state index is 13.2. The summed E-state index contributed by atoms with van der Waals surface area (Å²) in [6.45, 7) is 3.92. The monoisotopic (exact) mass is 471 g/mol. The molecule has 4 rings (SSSR count). The van der Waals surface area contributed by atoms with Crippen LogP contribution in [0.4, 0.5) is 10.8 Å². The fourth-order valence-electron chi connectivity index (χ4n) is 4.01. The predicted molar refractivity (Wildman–Crippen MR) is 131 cm³/mol. The summed E-state index contributed by atoms with van der Waals surface area (Å²) in [4.78, 5) is 5.76. The van der Waals surface area contributed by atoms with E-state index < -0.39 is 10.0 Å². The normalized spacial score (nSPS) is 14.8. The van der Waals surface area contributed by atoms with Gasteiger partial charge in [0.25, 0.3) is 10.0 Å². The van der Waals surface area contributed by atoms with Gasteiger partial charge in [-0.25, -0.2) is 13.4 Å². The molecule has 32 heavy (non-hydrogen) atoms. The first-order chi connectivity index (χ1) is 15.4. The van der Waals surface area contributed by atoms with Gasteiger partial charge in [-0.3, -0.25) is 4.72 Å². The van der Waals surface area contributed by atoms with Crippen LogP contribution in [0.3, 0.4) is 0 Å². The third-order valence-electron chi connectivity index (χ3n) is 5.75. The maximum Gasteiger partial charge on any atom is 0.265 e. The molecule has 0 bridgehead atoms. The standard InChI is InChI=1S/C24H29N3O3S2/c1-16-9-12-20(13-10-16)27-32(28,29)22-15-18(11-14-21(22)30-3)23-17(2)25-24(31-23)26-19-7-5-4-6-8-19/h9-15,19,27H,4-8H2,1-3H3,(H,25,26). The molecule has 1 saturated carbocycles. The average Bonchev–Trinajstić information content (AvgIpc) is 3.15. The minimum absolute atomic E-state index is 0.104. The van der Waals surface area contributed by atoms with Crippen molar-refractivity contribution in [2.45, 2.75) is 56.9 Å². The lowest BCUT2D eigenvalue weighted by Gasteiger charge is -2.22. The molecule has 1 heterocycles. The number of hydrogen-bond acceptors (Lipinski definition) is 6. The van der Waals surface area contributed by atoms with E-state index in [1.807, 2.05) is 32.0 Å². The summed E-state index contributed by atoms with van der Waals surface area (Å²) in [5.74, 6) is 0.302. The molecule has 8 heteroatoms. The van der Waals surface area contributed by atoms with Crippen LogP contribution in [0, 0.1) is 13.8 Å². The molecule has 1 fully saturated rings. The summed E-state index contributed by atoms with van der Waals surface area (Å²) < 4.78 is 34.4. The highest BCUT2D eigenvalue weighted by Crippen LogP contribution is 2.37. The van der Waals surface area contributed by atoms with Crippen molar-refractivity contribution in [3.05, 3.63) is 53.7 Å². The molecule has 2 N–H and O–H groups in total. The Kier molecular flexibility index (Phi) is 6.71. The van der Waals surface area contributed by atoms with Gasteiger partial charge in [0.1, 0.15) is 10.6 Å². The smallest absolute Gasteiger partial charge is 0.265 e. The van der Waals surface area contributed by atoms with Gasteiger partial charge in [0.2, 0.25) is 0 Å². The molecule has 1 aliphatic rings. The van der Waals surface area contributed by atoms with Crippen LogP contribution in [0.15, 0.2) is 47.4 Å². The second kappa shape index (κ2) is 9.50. The lowest BCUT2D eigenvalue weighted by molar-refractivity contribution is 0.403. The molecule has 2 aromatic carbocycles. The first kappa shape index (κ1) is 22.6. The third kappa shape index (κ3) is 5.07. The second-order valence-corrected chi connectivity index (χ2v) is 10.9.